The molecule has 0 aromatic heterocycles. The van der Waals surface area contributed by atoms with Crippen LogP contribution in [0.5, 0.6) is 0 Å². The van der Waals surface area contributed by atoms with Gasteiger partial charge in [-0.3, -0.25) is 0 Å². The van der Waals surface area contributed by atoms with E-state index in [1.807, 2.05) is 0 Å². The zero-order valence-electron chi connectivity index (χ0n) is 23.0. The second-order valence-corrected chi connectivity index (χ2v) is 25.5. The average Bonchev–Trinajstić information content (AvgIpc) is 2.41. The molecule has 0 rings (SSSR count). The molecule has 29 heavy (non-hydrogen) atoms. The summed E-state index contributed by atoms with van der Waals surface area (Å²) in [6.45, 7) is 35.1. The molecule has 0 aliphatic heterocycles. The Morgan fingerprint density at radius 1 is 0.517 bits per heavy atom. The monoisotopic (exact) mass is 506 g/mol. The number of hydrogen-bond donors (Lipinski definition) is 0. The molecule has 0 aliphatic carbocycles. The minimum atomic E-state index is -0.515. The van der Waals surface area contributed by atoms with Crippen molar-refractivity contribution < 1.29 is 0 Å². The summed E-state index contributed by atoms with van der Waals surface area (Å²) in [7, 11) is 0.0817. The van der Waals surface area contributed by atoms with Crippen LogP contribution in [-0.2, 0) is 0 Å². The van der Waals surface area contributed by atoms with Crippen LogP contribution in [0, 0.1) is 0 Å². The van der Waals surface area contributed by atoms with Crippen LogP contribution in [-0.4, -0.2) is 47.4 Å². The van der Waals surface area contributed by atoms with Gasteiger partial charge in [0.25, 0.3) is 0 Å². The zero-order chi connectivity index (χ0) is 23.3. The van der Waals surface area contributed by atoms with Gasteiger partial charge in [-0.25, -0.2) is 0 Å². The molecule has 176 valence electrons. The van der Waals surface area contributed by atoms with Crippen LogP contribution in [0.4, 0.5) is 0 Å². The van der Waals surface area contributed by atoms with E-state index in [1.165, 1.54) is 25.7 Å². The molecular formula is C26H58GeP2. The van der Waals surface area contributed by atoms with Crippen molar-refractivity contribution in [1.82, 2.24) is 0 Å². The van der Waals surface area contributed by atoms with Gasteiger partial charge in [-0.05, 0) is 0 Å². The van der Waals surface area contributed by atoms with Crippen molar-refractivity contribution in [2.45, 2.75) is 165 Å². The summed E-state index contributed by atoms with van der Waals surface area (Å²) in [5, 5.41) is 5.17. The average molecular weight is 505 g/mol. The Morgan fingerprint density at radius 3 is 0.931 bits per heavy atom. The first-order valence-electron chi connectivity index (χ1n) is 12.5. The quantitative estimate of drug-likeness (QED) is 0.205. The van der Waals surface area contributed by atoms with Crippen molar-refractivity contribution in [3.05, 3.63) is 0 Å². The van der Waals surface area contributed by atoms with Crippen molar-refractivity contribution in [2.75, 3.05) is 0 Å². The predicted molar refractivity (Wildman–Crippen MR) is 148 cm³/mol. The molecule has 0 bridgehead atoms. The van der Waals surface area contributed by atoms with Crippen LogP contribution in [0.1, 0.15) is 123 Å². The number of rotatable bonds is 10. The van der Waals surface area contributed by atoms with Crippen molar-refractivity contribution >= 4 is 31.3 Å². The first kappa shape index (κ1) is 30.4. The van der Waals surface area contributed by atoms with Gasteiger partial charge in [0, 0.05) is 0 Å². The molecule has 3 heteroatoms. The van der Waals surface area contributed by atoms with E-state index in [2.05, 4.69) is 96.9 Å². The molecule has 0 saturated heterocycles. The van der Waals surface area contributed by atoms with Gasteiger partial charge in [0.2, 0.25) is 0 Å². The Labute approximate surface area is 195 Å². The van der Waals surface area contributed by atoms with Gasteiger partial charge in [0.05, 0.1) is 0 Å². The third kappa shape index (κ3) is 10.7. The summed E-state index contributed by atoms with van der Waals surface area (Å²) >= 11 is -0.515. The summed E-state index contributed by atoms with van der Waals surface area (Å²) in [5.74, 6) is 0. The Hall–Kier alpha value is 1.40. The van der Waals surface area contributed by atoms with E-state index in [0.29, 0.717) is 20.6 Å². The van der Waals surface area contributed by atoms with Gasteiger partial charge in [-0.15, -0.1) is 0 Å². The van der Waals surface area contributed by atoms with Crippen molar-refractivity contribution in [1.29, 1.82) is 0 Å². The minimum absolute atomic E-state index is 0.0409. The van der Waals surface area contributed by atoms with E-state index in [1.54, 1.807) is 10.5 Å². The Kier molecular flexibility index (Phi) is 12.6. The van der Waals surface area contributed by atoms with Crippen LogP contribution in [0.3, 0.4) is 0 Å². The Morgan fingerprint density at radius 2 is 0.759 bits per heavy atom. The molecule has 0 amide bonds. The normalized spacial score (nSPS) is 17.0. The number of hydrogen-bond acceptors (Lipinski definition) is 0. The molecule has 0 aromatic carbocycles. The SMILES string of the molecule is CCCC([CH2][GeH2][CH2]C(CCC)P(C(C)(C)C)C(C)(C)C)P(C(C)(C)C)C(C)(C)C. The molecule has 0 radical (unpaired) electrons. The fourth-order valence-corrected chi connectivity index (χ4v) is 25.1. The van der Waals surface area contributed by atoms with Gasteiger partial charge in [-0.1, -0.05) is 0 Å². The van der Waals surface area contributed by atoms with E-state index in [0.717, 1.165) is 11.3 Å². The molecular weight excluding hydrogens is 447 g/mol. The van der Waals surface area contributed by atoms with Crippen LogP contribution in [0.25, 0.3) is 0 Å². The summed E-state index contributed by atoms with van der Waals surface area (Å²) < 4.78 is 0. The molecule has 0 fully saturated rings. The van der Waals surface area contributed by atoms with Gasteiger partial charge in [-0.2, -0.15) is 0 Å². The third-order valence-electron chi connectivity index (χ3n) is 5.94. The van der Waals surface area contributed by atoms with Gasteiger partial charge < -0.3 is 0 Å². The fourth-order valence-electron chi connectivity index (χ4n) is 6.26. The van der Waals surface area contributed by atoms with Crippen molar-refractivity contribution in [3.8, 4) is 0 Å². The topological polar surface area (TPSA) is 0 Å². The standard InChI is InChI=1S/C26H58GeP2/c1-15-17-21(28(23(3,4)5)24(6,7)8)19-27-20-22(18-16-2)29(25(9,10)11)26(12,13)14/h21-22H,15-20,27H2,1-14H3. The molecule has 2 unspecified atom stereocenters. The molecule has 0 saturated carbocycles. The Balaban J connectivity index is 5.48. The third-order valence-corrected chi connectivity index (χ3v) is 20.9. The molecule has 0 spiro atoms. The van der Waals surface area contributed by atoms with E-state index < -0.39 is 15.4 Å². The molecule has 0 aromatic rings. The first-order chi connectivity index (χ1) is 12.9. The first-order valence-corrected chi connectivity index (χ1v) is 19.5. The molecule has 0 heterocycles. The maximum absolute atomic E-state index is 2.53. The van der Waals surface area contributed by atoms with Crippen molar-refractivity contribution in [2.24, 2.45) is 0 Å². The summed E-state index contributed by atoms with van der Waals surface area (Å²) in [6.07, 6.45) is 5.68. The summed E-state index contributed by atoms with van der Waals surface area (Å²) in [6, 6.07) is 0. The van der Waals surface area contributed by atoms with Crippen LogP contribution in [0.15, 0.2) is 0 Å². The maximum atomic E-state index is 2.53. The Bertz CT molecular complexity index is 375. The molecule has 0 aliphatic rings. The molecule has 2 atom stereocenters. The van der Waals surface area contributed by atoms with Gasteiger partial charge >= 0.3 is 196 Å². The van der Waals surface area contributed by atoms with Gasteiger partial charge in [0.1, 0.15) is 0 Å². The van der Waals surface area contributed by atoms with E-state index in [9.17, 15) is 0 Å². The zero-order valence-corrected chi connectivity index (χ0v) is 27.8. The molecule has 0 nitrogen and oxygen atoms in total. The van der Waals surface area contributed by atoms with E-state index in [-0.39, 0.29) is 15.8 Å². The van der Waals surface area contributed by atoms with Crippen molar-refractivity contribution in [3.63, 3.8) is 0 Å². The van der Waals surface area contributed by atoms with Crippen LogP contribution < -0.4 is 0 Å². The van der Waals surface area contributed by atoms with E-state index >= 15 is 0 Å². The van der Waals surface area contributed by atoms with Crippen LogP contribution in [0.2, 0.25) is 10.5 Å². The van der Waals surface area contributed by atoms with Gasteiger partial charge in [0.15, 0.2) is 0 Å². The fraction of sp³-hybridized carbons (Fsp3) is 1.00. The van der Waals surface area contributed by atoms with Crippen LogP contribution >= 0.6 is 15.8 Å². The molecule has 0 N–H and O–H groups in total. The summed E-state index contributed by atoms with van der Waals surface area (Å²) in [4.78, 5) is 0. The second-order valence-electron chi connectivity index (χ2n) is 13.2. The summed E-state index contributed by atoms with van der Waals surface area (Å²) in [5.41, 5.74) is 2.01. The second kappa shape index (κ2) is 12.0. The predicted octanol–water partition coefficient (Wildman–Crippen LogP) is 9.49. The van der Waals surface area contributed by atoms with E-state index in [4.69, 9.17) is 0 Å².